The highest BCUT2D eigenvalue weighted by molar-refractivity contribution is 6.02. The highest BCUT2D eigenvalue weighted by Crippen LogP contribution is 2.43. The molecule has 2 atom stereocenters. The molecule has 2 nitrogen and oxygen atoms in total. The molecule has 2 aliphatic carbocycles. The summed E-state index contributed by atoms with van der Waals surface area (Å²) in [6.45, 7) is 2.06. The van der Waals surface area contributed by atoms with E-state index in [2.05, 4.69) is 19.1 Å². The van der Waals surface area contributed by atoms with Gasteiger partial charge >= 0.3 is 0 Å². The third kappa shape index (κ3) is 2.02. The summed E-state index contributed by atoms with van der Waals surface area (Å²) in [5, 5.41) is 0. The first-order valence-electron chi connectivity index (χ1n) is 7.52. The first-order valence-corrected chi connectivity index (χ1v) is 7.52. The Morgan fingerprint density at radius 3 is 2.53 bits per heavy atom. The maximum atomic E-state index is 13.0. The molecule has 2 unspecified atom stereocenters. The second-order valence-electron chi connectivity index (χ2n) is 6.46. The number of carbonyl (C=O) groups is 1. The lowest BCUT2D eigenvalue weighted by molar-refractivity contribution is 0.0800. The fraction of sp³-hybridized carbons (Fsp3) is 0.588. The van der Waals surface area contributed by atoms with E-state index in [0.717, 1.165) is 24.8 Å². The third-order valence-corrected chi connectivity index (χ3v) is 5.30. The molecule has 0 saturated heterocycles. The Kier molecular flexibility index (Phi) is 3.22. The minimum Gasteiger partial charge on any atom is -0.327 e. The van der Waals surface area contributed by atoms with Crippen molar-refractivity contribution in [1.29, 1.82) is 0 Å². The van der Waals surface area contributed by atoms with Crippen LogP contribution in [0.2, 0.25) is 0 Å². The molecule has 1 aromatic carbocycles. The van der Waals surface area contributed by atoms with Crippen LogP contribution in [0.1, 0.15) is 67.3 Å². The van der Waals surface area contributed by atoms with Gasteiger partial charge in [0, 0.05) is 17.0 Å². The van der Waals surface area contributed by atoms with Crippen LogP contribution in [0.15, 0.2) is 24.3 Å². The lowest BCUT2D eigenvalue weighted by Crippen LogP contribution is -2.41. The van der Waals surface area contributed by atoms with Crippen LogP contribution >= 0.6 is 0 Å². The molecule has 2 fully saturated rings. The topological polar surface area (TPSA) is 43.1 Å². The monoisotopic (exact) mass is 257 g/mol. The molecule has 2 saturated carbocycles. The predicted octanol–water partition coefficient (Wildman–Crippen LogP) is 3.65. The second-order valence-corrected chi connectivity index (χ2v) is 6.46. The third-order valence-electron chi connectivity index (χ3n) is 5.30. The van der Waals surface area contributed by atoms with Gasteiger partial charge in [0.15, 0.2) is 5.78 Å². The van der Waals surface area contributed by atoms with Crippen molar-refractivity contribution < 1.29 is 4.79 Å². The largest absolute Gasteiger partial charge is 0.327 e. The maximum Gasteiger partial charge on any atom is 0.170 e. The van der Waals surface area contributed by atoms with Crippen LogP contribution in [0.4, 0.5) is 0 Å². The van der Waals surface area contributed by atoms with Crippen molar-refractivity contribution in [3.63, 3.8) is 0 Å². The van der Waals surface area contributed by atoms with E-state index in [4.69, 9.17) is 5.73 Å². The van der Waals surface area contributed by atoms with Crippen molar-refractivity contribution in [2.45, 2.75) is 57.4 Å². The minimum absolute atomic E-state index is 0.0226. The van der Waals surface area contributed by atoms with E-state index in [-0.39, 0.29) is 17.2 Å². The highest BCUT2D eigenvalue weighted by Gasteiger charge is 2.44. The van der Waals surface area contributed by atoms with Gasteiger partial charge in [-0.2, -0.15) is 0 Å². The minimum atomic E-state index is -0.347. The van der Waals surface area contributed by atoms with Crippen LogP contribution in [0.25, 0.3) is 0 Å². The van der Waals surface area contributed by atoms with Crippen molar-refractivity contribution in [2.75, 3.05) is 0 Å². The zero-order valence-corrected chi connectivity index (χ0v) is 11.7. The summed E-state index contributed by atoms with van der Waals surface area (Å²) in [4.78, 5) is 13.0. The fourth-order valence-corrected chi connectivity index (χ4v) is 3.56. The first kappa shape index (κ1) is 12.9. The second kappa shape index (κ2) is 4.75. The van der Waals surface area contributed by atoms with Crippen molar-refractivity contribution in [3.05, 3.63) is 35.4 Å². The van der Waals surface area contributed by atoms with E-state index in [9.17, 15) is 4.79 Å². The normalized spacial score (nSPS) is 31.2. The molecular formula is C17H23NO. The summed E-state index contributed by atoms with van der Waals surface area (Å²) >= 11 is 0. The summed E-state index contributed by atoms with van der Waals surface area (Å²) in [5.74, 6) is 0.876. The molecule has 1 aromatic rings. The zero-order chi connectivity index (χ0) is 13.5. The number of nitrogens with two attached hydrogens (primary N) is 1. The molecule has 102 valence electrons. The summed E-state index contributed by atoms with van der Waals surface area (Å²) < 4.78 is 0. The van der Waals surface area contributed by atoms with Crippen LogP contribution in [-0.4, -0.2) is 11.8 Å². The van der Waals surface area contributed by atoms with E-state index in [1.165, 1.54) is 24.8 Å². The number of ketones is 1. The summed E-state index contributed by atoms with van der Waals surface area (Å²) in [6, 6.07) is 8.21. The van der Waals surface area contributed by atoms with Crippen molar-refractivity contribution in [3.8, 4) is 0 Å². The van der Waals surface area contributed by atoms with E-state index in [1.807, 2.05) is 12.1 Å². The van der Waals surface area contributed by atoms with Crippen LogP contribution < -0.4 is 5.73 Å². The van der Waals surface area contributed by atoms with Gasteiger partial charge in [0.05, 0.1) is 0 Å². The Morgan fingerprint density at radius 1 is 1.21 bits per heavy atom. The molecule has 0 heterocycles. The number of carbonyl (C=O) groups excluding carboxylic acids is 1. The van der Waals surface area contributed by atoms with Gasteiger partial charge in [0.2, 0.25) is 0 Å². The SMILES string of the molecule is CC1(C(=O)c2ccccc2C2CCC2)CCCC1N. The molecule has 0 bridgehead atoms. The van der Waals surface area contributed by atoms with E-state index >= 15 is 0 Å². The average molecular weight is 257 g/mol. The van der Waals surface area contributed by atoms with E-state index in [0.29, 0.717) is 5.92 Å². The highest BCUT2D eigenvalue weighted by atomic mass is 16.1. The Morgan fingerprint density at radius 2 is 1.95 bits per heavy atom. The number of hydrogen-bond donors (Lipinski definition) is 1. The van der Waals surface area contributed by atoms with Crippen molar-refractivity contribution in [1.82, 2.24) is 0 Å². The zero-order valence-electron chi connectivity index (χ0n) is 11.7. The molecule has 0 aliphatic heterocycles. The fourth-order valence-electron chi connectivity index (χ4n) is 3.56. The number of rotatable bonds is 3. The molecule has 2 N–H and O–H groups in total. The van der Waals surface area contributed by atoms with Crippen LogP contribution in [0.5, 0.6) is 0 Å². The molecule has 3 rings (SSSR count). The standard InChI is InChI=1S/C17H23NO/c1-17(11-5-10-15(17)18)16(19)14-9-3-2-8-13(14)12-6-4-7-12/h2-3,8-9,12,15H,4-7,10-11,18H2,1H3. The van der Waals surface area contributed by atoms with Gasteiger partial charge in [-0.3, -0.25) is 4.79 Å². The molecule has 0 radical (unpaired) electrons. The van der Waals surface area contributed by atoms with Gasteiger partial charge in [-0.1, -0.05) is 44.0 Å². The van der Waals surface area contributed by atoms with Gasteiger partial charge in [-0.05, 0) is 37.2 Å². The lowest BCUT2D eigenvalue weighted by Gasteiger charge is -2.32. The molecule has 19 heavy (non-hydrogen) atoms. The quantitative estimate of drug-likeness (QED) is 0.840. The summed E-state index contributed by atoms with van der Waals surface area (Å²) in [5.41, 5.74) is 8.06. The van der Waals surface area contributed by atoms with Crippen LogP contribution in [0.3, 0.4) is 0 Å². The smallest absolute Gasteiger partial charge is 0.170 e. The molecule has 2 heteroatoms. The molecular weight excluding hydrogens is 234 g/mol. The van der Waals surface area contributed by atoms with Crippen LogP contribution in [0, 0.1) is 5.41 Å². The predicted molar refractivity (Wildman–Crippen MR) is 77.3 cm³/mol. The van der Waals surface area contributed by atoms with Crippen molar-refractivity contribution in [2.24, 2.45) is 11.1 Å². The average Bonchev–Trinajstić information content (AvgIpc) is 2.69. The van der Waals surface area contributed by atoms with Gasteiger partial charge in [-0.25, -0.2) is 0 Å². The van der Waals surface area contributed by atoms with E-state index in [1.54, 1.807) is 0 Å². The number of hydrogen-bond acceptors (Lipinski definition) is 2. The Hall–Kier alpha value is -1.15. The first-order chi connectivity index (χ1) is 9.13. The Labute approximate surface area is 115 Å². The molecule has 0 amide bonds. The lowest BCUT2D eigenvalue weighted by atomic mass is 9.72. The number of Topliss-reactive ketones (excluding diaryl/α,β-unsaturated/α-hetero) is 1. The Bertz CT molecular complexity index is 492. The van der Waals surface area contributed by atoms with Crippen LogP contribution in [-0.2, 0) is 0 Å². The van der Waals surface area contributed by atoms with E-state index < -0.39 is 0 Å². The number of benzene rings is 1. The molecule has 2 aliphatic rings. The molecule has 0 spiro atoms. The van der Waals surface area contributed by atoms with Gasteiger partial charge in [0.1, 0.15) is 0 Å². The van der Waals surface area contributed by atoms with Gasteiger partial charge in [-0.15, -0.1) is 0 Å². The maximum absolute atomic E-state index is 13.0. The van der Waals surface area contributed by atoms with Crippen molar-refractivity contribution >= 4 is 5.78 Å². The van der Waals surface area contributed by atoms with Gasteiger partial charge in [0.25, 0.3) is 0 Å². The van der Waals surface area contributed by atoms with Gasteiger partial charge < -0.3 is 5.73 Å². The Balaban J connectivity index is 1.95. The summed E-state index contributed by atoms with van der Waals surface area (Å²) in [6.07, 6.45) is 6.75. The molecule has 0 aromatic heterocycles. The summed E-state index contributed by atoms with van der Waals surface area (Å²) in [7, 11) is 0.